The van der Waals surface area contributed by atoms with Gasteiger partial charge in [-0.3, -0.25) is 4.79 Å². The molecule has 3 heteroatoms. The molecule has 1 amide bonds. The molecule has 1 unspecified atom stereocenters. The molecule has 92 valence electrons. The van der Waals surface area contributed by atoms with Gasteiger partial charge in [0.15, 0.2) is 0 Å². The lowest BCUT2D eigenvalue weighted by Gasteiger charge is -2.13. The smallest absolute Gasteiger partial charge is 0.234 e. The Balaban J connectivity index is 1.66. The SMILES string of the molecule is CC(Cc1ccccc1)NCC(=O)NC1CC1. The van der Waals surface area contributed by atoms with Gasteiger partial charge in [-0.15, -0.1) is 0 Å². The molecule has 0 spiro atoms. The Hall–Kier alpha value is -1.35. The minimum absolute atomic E-state index is 0.118. The summed E-state index contributed by atoms with van der Waals surface area (Å²) in [4.78, 5) is 11.5. The predicted molar refractivity (Wildman–Crippen MR) is 68.8 cm³/mol. The van der Waals surface area contributed by atoms with Crippen LogP contribution in [0.15, 0.2) is 30.3 Å². The van der Waals surface area contributed by atoms with E-state index in [-0.39, 0.29) is 5.91 Å². The van der Waals surface area contributed by atoms with E-state index in [1.807, 2.05) is 18.2 Å². The molecule has 1 fully saturated rings. The number of carbonyl (C=O) groups excluding carboxylic acids is 1. The second kappa shape index (κ2) is 5.82. The second-order valence-corrected chi connectivity index (χ2v) is 4.81. The highest BCUT2D eigenvalue weighted by atomic mass is 16.2. The Kier molecular flexibility index (Phi) is 4.15. The van der Waals surface area contributed by atoms with Crippen molar-refractivity contribution in [1.29, 1.82) is 0 Å². The lowest BCUT2D eigenvalue weighted by Crippen LogP contribution is -2.39. The van der Waals surface area contributed by atoms with Gasteiger partial charge in [0.2, 0.25) is 5.91 Å². The first-order valence-electron chi connectivity index (χ1n) is 6.30. The predicted octanol–water partition coefficient (Wildman–Crippen LogP) is 1.49. The molecule has 1 aliphatic carbocycles. The van der Waals surface area contributed by atoms with Gasteiger partial charge < -0.3 is 10.6 Å². The van der Waals surface area contributed by atoms with Crippen LogP contribution in [0.2, 0.25) is 0 Å². The van der Waals surface area contributed by atoms with E-state index in [4.69, 9.17) is 0 Å². The molecule has 3 nitrogen and oxygen atoms in total. The quantitative estimate of drug-likeness (QED) is 0.780. The molecule has 1 aromatic carbocycles. The fraction of sp³-hybridized carbons (Fsp3) is 0.500. The maximum Gasteiger partial charge on any atom is 0.234 e. The molecule has 17 heavy (non-hydrogen) atoms. The molecule has 1 aromatic rings. The van der Waals surface area contributed by atoms with Gasteiger partial charge >= 0.3 is 0 Å². The highest BCUT2D eigenvalue weighted by Gasteiger charge is 2.22. The number of carbonyl (C=O) groups is 1. The molecule has 0 radical (unpaired) electrons. The largest absolute Gasteiger partial charge is 0.352 e. The van der Waals surface area contributed by atoms with E-state index >= 15 is 0 Å². The van der Waals surface area contributed by atoms with Gasteiger partial charge in [0.05, 0.1) is 6.54 Å². The van der Waals surface area contributed by atoms with Gasteiger partial charge in [0, 0.05) is 12.1 Å². The topological polar surface area (TPSA) is 41.1 Å². The third-order valence-electron chi connectivity index (χ3n) is 2.94. The van der Waals surface area contributed by atoms with Gasteiger partial charge in [-0.25, -0.2) is 0 Å². The molecule has 0 aromatic heterocycles. The summed E-state index contributed by atoms with van der Waals surface area (Å²) in [5.41, 5.74) is 1.30. The number of hydrogen-bond acceptors (Lipinski definition) is 2. The van der Waals surface area contributed by atoms with Crippen molar-refractivity contribution < 1.29 is 4.79 Å². The van der Waals surface area contributed by atoms with Crippen LogP contribution >= 0.6 is 0 Å². The summed E-state index contributed by atoms with van der Waals surface area (Å²) in [5, 5.41) is 6.22. The summed E-state index contributed by atoms with van der Waals surface area (Å²) in [6.07, 6.45) is 3.24. The Labute approximate surface area is 103 Å². The van der Waals surface area contributed by atoms with Crippen molar-refractivity contribution in [2.75, 3.05) is 6.54 Å². The lowest BCUT2D eigenvalue weighted by molar-refractivity contribution is -0.120. The van der Waals surface area contributed by atoms with Crippen LogP contribution in [0, 0.1) is 0 Å². The van der Waals surface area contributed by atoms with Crippen LogP contribution in [0.4, 0.5) is 0 Å². The second-order valence-electron chi connectivity index (χ2n) is 4.81. The minimum Gasteiger partial charge on any atom is -0.352 e. The van der Waals surface area contributed by atoms with Crippen molar-refractivity contribution in [3.05, 3.63) is 35.9 Å². The van der Waals surface area contributed by atoms with Crippen LogP contribution in [0.1, 0.15) is 25.3 Å². The highest BCUT2D eigenvalue weighted by Crippen LogP contribution is 2.18. The van der Waals surface area contributed by atoms with Crippen LogP contribution in [-0.4, -0.2) is 24.5 Å². The van der Waals surface area contributed by atoms with Crippen molar-refractivity contribution in [1.82, 2.24) is 10.6 Å². The zero-order valence-electron chi connectivity index (χ0n) is 10.3. The van der Waals surface area contributed by atoms with Crippen molar-refractivity contribution in [2.45, 2.75) is 38.3 Å². The van der Waals surface area contributed by atoms with E-state index in [0.717, 1.165) is 19.3 Å². The molecule has 1 atom stereocenters. The van der Waals surface area contributed by atoms with Gasteiger partial charge in [0.25, 0.3) is 0 Å². The number of hydrogen-bond donors (Lipinski definition) is 2. The van der Waals surface area contributed by atoms with Gasteiger partial charge in [-0.05, 0) is 31.7 Å². The van der Waals surface area contributed by atoms with Gasteiger partial charge in [-0.1, -0.05) is 30.3 Å². The summed E-state index contributed by atoms with van der Waals surface area (Å²) >= 11 is 0. The lowest BCUT2D eigenvalue weighted by atomic mass is 10.1. The molecule has 0 saturated heterocycles. The van der Waals surface area contributed by atoms with Gasteiger partial charge in [-0.2, -0.15) is 0 Å². The normalized spacial score (nSPS) is 16.5. The molecular formula is C14H20N2O. The average Bonchev–Trinajstić information content (AvgIpc) is 3.12. The summed E-state index contributed by atoms with van der Waals surface area (Å²) in [6.45, 7) is 2.53. The van der Waals surface area contributed by atoms with E-state index in [9.17, 15) is 4.79 Å². The van der Waals surface area contributed by atoms with Crippen LogP contribution in [0.5, 0.6) is 0 Å². The molecular weight excluding hydrogens is 212 g/mol. The first kappa shape index (κ1) is 12.1. The Bertz CT molecular complexity index is 360. The molecule has 1 aliphatic rings. The fourth-order valence-corrected chi connectivity index (χ4v) is 1.81. The number of nitrogens with one attached hydrogen (secondary N) is 2. The van der Waals surface area contributed by atoms with Crippen molar-refractivity contribution in [3.8, 4) is 0 Å². The maximum absolute atomic E-state index is 11.5. The summed E-state index contributed by atoms with van der Waals surface area (Å²) in [5.74, 6) is 0.118. The van der Waals surface area contributed by atoms with E-state index < -0.39 is 0 Å². The van der Waals surface area contributed by atoms with E-state index in [2.05, 4.69) is 29.7 Å². The first-order chi connectivity index (χ1) is 8.24. The summed E-state index contributed by atoms with van der Waals surface area (Å²) < 4.78 is 0. The monoisotopic (exact) mass is 232 g/mol. The van der Waals surface area contributed by atoms with Crippen molar-refractivity contribution in [2.24, 2.45) is 0 Å². The Morgan fingerprint density at radius 3 is 2.71 bits per heavy atom. The van der Waals surface area contributed by atoms with Crippen LogP contribution in [-0.2, 0) is 11.2 Å². The maximum atomic E-state index is 11.5. The third kappa shape index (κ3) is 4.57. The summed E-state index contributed by atoms with van der Waals surface area (Å²) in [7, 11) is 0. The Morgan fingerprint density at radius 1 is 1.35 bits per heavy atom. The average molecular weight is 232 g/mol. The van der Waals surface area contributed by atoms with Crippen LogP contribution in [0.25, 0.3) is 0 Å². The molecule has 0 bridgehead atoms. The molecule has 1 saturated carbocycles. The van der Waals surface area contributed by atoms with E-state index in [0.29, 0.717) is 18.6 Å². The van der Waals surface area contributed by atoms with Crippen LogP contribution in [0.3, 0.4) is 0 Å². The van der Waals surface area contributed by atoms with E-state index in [1.54, 1.807) is 0 Å². The molecule has 0 aliphatic heterocycles. The molecule has 2 rings (SSSR count). The zero-order chi connectivity index (χ0) is 12.1. The zero-order valence-corrected chi connectivity index (χ0v) is 10.3. The van der Waals surface area contributed by atoms with E-state index in [1.165, 1.54) is 5.56 Å². The Morgan fingerprint density at radius 2 is 2.06 bits per heavy atom. The van der Waals surface area contributed by atoms with Crippen LogP contribution < -0.4 is 10.6 Å². The number of amides is 1. The molecule has 2 N–H and O–H groups in total. The van der Waals surface area contributed by atoms with Gasteiger partial charge in [0.1, 0.15) is 0 Å². The summed E-state index contributed by atoms with van der Waals surface area (Å²) in [6, 6.07) is 11.1. The molecule has 0 heterocycles. The number of rotatable bonds is 6. The third-order valence-corrected chi connectivity index (χ3v) is 2.94. The first-order valence-corrected chi connectivity index (χ1v) is 6.30. The van der Waals surface area contributed by atoms with Crippen molar-refractivity contribution >= 4 is 5.91 Å². The standard InChI is InChI=1S/C14H20N2O/c1-11(9-12-5-3-2-4-6-12)15-10-14(17)16-13-7-8-13/h2-6,11,13,15H,7-10H2,1H3,(H,16,17). The fourth-order valence-electron chi connectivity index (χ4n) is 1.81. The van der Waals surface area contributed by atoms with Crippen molar-refractivity contribution in [3.63, 3.8) is 0 Å². The highest BCUT2D eigenvalue weighted by molar-refractivity contribution is 5.78. The minimum atomic E-state index is 0.118. The number of benzene rings is 1.